The van der Waals surface area contributed by atoms with Crippen LogP contribution in [-0.4, -0.2) is 20.4 Å². The largest absolute Gasteiger partial charge is 0.358 e. The first kappa shape index (κ1) is 9.65. The summed E-state index contributed by atoms with van der Waals surface area (Å²) in [6.07, 6.45) is 3.57. The van der Waals surface area contributed by atoms with Gasteiger partial charge in [-0.3, -0.25) is 0 Å². The molecule has 2 aromatic rings. The average molecular weight is 236 g/mol. The van der Waals surface area contributed by atoms with Crippen LogP contribution in [0.1, 0.15) is 12.8 Å². The van der Waals surface area contributed by atoms with Crippen molar-refractivity contribution in [1.82, 2.24) is 14.3 Å². The number of rotatable bonds is 3. The summed E-state index contributed by atoms with van der Waals surface area (Å²) in [5.74, 6) is 0.198. The van der Waals surface area contributed by atoms with Gasteiger partial charge in [0.2, 0.25) is 5.13 Å². The molecule has 0 spiro atoms. The predicted octanol–water partition coefficient (Wildman–Crippen LogP) is 2.31. The third-order valence-electron chi connectivity index (χ3n) is 2.29. The molecule has 0 unspecified atom stereocenters. The summed E-state index contributed by atoms with van der Waals surface area (Å²) in [4.78, 5) is 8.24. The van der Waals surface area contributed by atoms with Crippen molar-refractivity contribution in [3.63, 3.8) is 0 Å². The van der Waals surface area contributed by atoms with Gasteiger partial charge in [-0.1, -0.05) is 0 Å². The van der Waals surface area contributed by atoms with E-state index in [9.17, 15) is 4.39 Å². The summed E-state index contributed by atoms with van der Waals surface area (Å²) in [5, 5.41) is 4.07. The first-order valence-corrected chi connectivity index (χ1v) is 5.81. The molecule has 0 aromatic carbocycles. The number of pyridine rings is 1. The van der Waals surface area contributed by atoms with Gasteiger partial charge in [-0.2, -0.15) is 9.36 Å². The van der Waals surface area contributed by atoms with E-state index in [0.717, 1.165) is 5.13 Å². The summed E-state index contributed by atoms with van der Waals surface area (Å²) in [6.45, 7) is 0. The molecule has 0 bridgehead atoms. The fourth-order valence-electron chi connectivity index (χ4n) is 1.30. The van der Waals surface area contributed by atoms with Gasteiger partial charge in [-0.05, 0) is 25.0 Å². The second kappa shape index (κ2) is 3.79. The van der Waals surface area contributed by atoms with Gasteiger partial charge < -0.3 is 5.32 Å². The van der Waals surface area contributed by atoms with Crippen LogP contribution in [0, 0.1) is 5.82 Å². The maximum Gasteiger partial charge on any atom is 0.203 e. The van der Waals surface area contributed by atoms with E-state index in [4.69, 9.17) is 0 Å². The van der Waals surface area contributed by atoms with Crippen LogP contribution >= 0.6 is 11.5 Å². The fourth-order valence-corrected chi connectivity index (χ4v) is 1.95. The SMILES string of the molecule is Fc1ccc(-c2nsc(NC3CC3)n2)nc1. The average Bonchev–Trinajstić information content (AvgIpc) is 2.97. The monoisotopic (exact) mass is 236 g/mol. The normalized spacial score (nSPS) is 15.1. The van der Waals surface area contributed by atoms with Gasteiger partial charge >= 0.3 is 0 Å². The lowest BCUT2D eigenvalue weighted by atomic mass is 10.3. The summed E-state index contributed by atoms with van der Waals surface area (Å²) < 4.78 is 16.9. The van der Waals surface area contributed by atoms with Crippen LogP contribution in [0.4, 0.5) is 9.52 Å². The van der Waals surface area contributed by atoms with E-state index >= 15 is 0 Å². The van der Waals surface area contributed by atoms with Crippen LogP contribution in [0.15, 0.2) is 18.3 Å². The Labute approximate surface area is 95.7 Å². The maximum absolute atomic E-state index is 12.7. The van der Waals surface area contributed by atoms with Crippen LogP contribution in [0.2, 0.25) is 0 Å². The number of halogens is 1. The Morgan fingerprint density at radius 2 is 2.25 bits per heavy atom. The molecule has 4 nitrogen and oxygen atoms in total. The third kappa shape index (κ3) is 2.01. The lowest BCUT2D eigenvalue weighted by Crippen LogP contribution is -1.99. The van der Waals surface area contributed by atoms with Gasteiger partial charge in [0.25, 0.3) is 0 Å². The van der Waals surface area contributed by atoms with Crippen molar-refractivity contribution in [1.29, 1.82) is 0 Å². The quantitative estimate of drug-likeness (QED) is 0.888. The molecule has 1 saturated carbocycles. The van der Waals surface area contributed by atoms with Gasteiger partial charge in [0.15, 0.2) is 5.82 Å². The third-order valence-corrected chi connectivity index (χ3v) is 2.93. The summed E-state index contributed by atoms with van der Waals surface area (Å²) in [7, 11) is 0. The van der Waals surface area contributed by atoms with Crippen molar-refractivity contribution < 1.29 is 4.39 Å². The highest BCUT2D eigenvalue weighted by Crippen LogP contribution is 2.27. The number of hydrogen-bond acceptors (Lipinski definition) is 5. The minimum Gasteiger partial charge on any atom is -0.358 e. The van der Waals surface area contributed by atoms with Gasteiger partial charge in [-0.15, -0.1) is 0 Å². The number of nitrogens with zero attached hydrogens (tertiary/aromatic N) is 3. The van der Waals surface area contributed by atoms with Crippen molar-refractivity contribution in [3.8, 4) is 11.5 Å². The number of aromatic nitrogens is 3. The molecule has 2 aromatic heterocycles. The predicted molar refractivity (Wildman–Crippen MR) is 59.7 cm³/mol. The first-order chi connectivity index (χ1) is 7.81. The van der Waals surface area contributed by atoms with Crippen LogP contribution in [0.25, 0.3) is 11.5 Å². The highest BCUT2D eigenvalue weighted by atomic mass is 32.1. The Balaban J connectivity index is 1.82. The van der Waals surface area contributed by atoms with Crippen molar-refractivity contribution in [2.24, 2.45) is 0 Å². The molecule has 2 heterocycles. The van der Waals surface area contributed by atoms with Gasteiger partial charge in [0.05, 0.1) is 6.20 Å². The summed E-state index contributed by atoms with van der Waals surface area (Å²) >= 11 is 1.31. The molecule has 1 aliphatic carbocycles. The molecule has 1 aliphatic rings. The number of anilines is 1. The second-order valence-electron chi connectivity index (χ2n) is 3.70. The van der Waals surface area contributed by atoms with E-state index in [-0.39, 0.29) is 5.82 Å². The highest BCUT2D eigenvalue weighted by molar-refractivity contribution is 7.09. The van der Waals surface area contributed by atoms with Crippen molar-refractivity contribution in [3.05, 3.63) is 24.1 Å². The minimum absolute atomic E-state index is 0.352. The molecule has 0 amide bonds. The Bertz CT molecular complexity index is 492. The van der Waals surface area contributed by atoms with E-state index < -0.39 is 0 Å². The summed E-state index contributed by atoms with van der Waals surface area (Å²) in [5.41, 5.74) is 0.599. The molecule has 6 heteroatoms. The fraction of sp³-hybridized carbons (Fsp3) is 0.300. The van der Waals surface area contributed by atoms with E-state index in [0.29, 0.717) is 17.6 Å². The zero-order valence-electron chi connectivity index (χ0n) is 8.35. The van der Waals surface area contributed by atoms with Gasteiger partial charge in [0.1, 0.15) is 11.5 Å². The Kier molecular flexibility index (Phi) is 2.28. The highest BCUT2D eigenvalue weighted by Gasteiger charge is 2.22. The molecule has 1 N–H and O–H groups in total. The molecule has 82 valence electrons. The molecule has 3 rings (SSSR count). The van der Waals surface area contributed by atoms with Gasteiger partial charge in [0, 0.05) is 17.6 Å². The Morgan fingerprint density at radius 1 is 1.38 bits per heavy atom. The van der Waals surface area contributed by atoms with E-state index in [1.165, 1.54) is 36.6 Å². The lowest BCUT2D eigenvalue weighted by molar-refractivity contribution is 0.621. The lowest BCUT2D eigenvalue weighted by Gasteiger charge is -1.95. The summed E-state index contributed by atoms with van der Waals surface area (Å²) in [6, 6.07) is 3.50. The molecule has 1 fully saturated rings. The van der Waals surface area contributed by atoms with Crippen molar-refractivity contribution in [2.45, 2.75) is 18.9 Å². The van der Waals surface area contributed by atoms with Crippen LogP contribution in [0.5, 0.6) is 0 Å². The molecule has 16 heavy (non-hydrogen) atoms. The molecule has 0 atom stereocenters. The van der Waals surface area contributed by atoms with Crippen LogP contribution < -0.4 is 5.32 Å². The van der Waals surface area contributed by atoms with Crippen molar-refractivity contribution >= 4 is 16.7 Å². The molecule has 0 saturated heterocycles. The maximum atomic E-state index is 12.7. The van der Waals surface area contributed by atoms with Crippen LogP contribution in [-0.2, 0) is 0 Å². The standard InChI is InChI=1S/C10H9FN4S/c11-6-1-4-8(12-5-6)9-14-10(16-15-9)13-7-2-3-7/h1,4-5,7H,2-3H2,(H,13,14,15). The number of nitrogens with one attached hydrogen (secondary N) is 1. The Morgan fingerprint density at radius 3 is 2.94 bits per heavy atom. The molecule has 0 radical (unpaired) electrons. The van der Waals surface area contributed by atoms with Crippen LogP contribution in [0.3, 0.4) is 0 Å². The molecular formula is C10H9FN4S. The van der Waals surface area contributed by atoms with Gasteiger partial charge in [-0.25, -0.2) is 9.37 Å². The van der Waals surface area contributed by atoms with Crippen molar-refractivity contribution in [2.75, 3.05) is 5.32 Å². The Hall–Kier alpha value is -1.56. The minimum atomic E-state index is -0.352. The zero-order valence-corrected chi connectivity index (χ0v) is 9.17. The number of hydrogen-bond donors (Lipinski definition) is 1. The van der Waals surface area contributed by atoms with E-state index in [1.54, 1.807) is 6.07 Å². The van der Waals surface area contributed by atoms with E-state index in [1.807, 2.05) is 0 Å². The zero-order chi connectivity index (χ0) is 11.0. The topological polar surface area (TPSA) is 50.7 Å². The first-order valence-electron chi connectivity index (χ1n) is 5.03. The smallest absolute Gasteiger partial charge is 0.203 e. The van der Waals surface area contributed by atoms with E-state index in [2.05, 4.69) is 19.7 Å². The molecule has 0 aliphatic heterocycles. The molecular weight excluding hydrogens is 227 g/mol. The second-order valence-corrected chi connectivity index (χ2v) is 4.46.